The van der Waals surface area contributed by atoms with E-state index in [0.29, 0.717) is 25.9 Å². The summed E-state index contributed by atoms with van der Waals surface area (Å²) in [5.41, 5.74) is 0. The third-order valence-electron chi connectivity index (χ3n) is 3.03. The molecule has 0 bridgehead atoms. The lowest BCUT2D eigenvalue weighted by Gasteiger charge is -2.40. The van der Waals surface area contributed by atoms with Crippen LogP contribution < -0.4 is 5.32 Å². The molecule has 2 aliphatic rings. The molecule has 2 atom stereocenters. The highest BCUT2D eigenvalue weighted by molar-refractivity contribution is 5.83. The molecule has 0 radical (unpaired) electrons. The summed E-state index contributed by atoms with van der Waals surface area (Å²) < 4.78 is 0. The first-order valence-corrected chi connectivity index (χ1v) is 4.93. The van der Waals surface area contributed by atoms with Gasteiger partial charge in [0.05, 0.1) is 12.0 Å². The van der Waals surface area contributed by atoms with Crippen molar-refractivity contribution in [2.75, 3.05) is 19.6 Å². The van der Waals surface area contributed by atoms with Crippen molar-refractivity contribution in [2.24, 2.45) is 5.92 Å². The summed E-state index contributed by atoms with van der Waals surface area (Å²) in [5.74, 6) is -0.980. The molecule has 0 aromatic rings. The van der Waals surface area contributed by atoms with E-state index < -0.39 is 5.97 Å². The Morgan fingerprint density at radius 3 is 3.00 bits per heavy atom. The molecule has 0 saturated carbocycles. The van der Waals surface area contributed by atoms with Gasteiger partial charge < -0.3 is 10.4 Å². The Morgan fingerprint density at radius 2 is 2.29 bits per heavy atom. The summed E-state index contributed by atoms with van der Waals surface area (Å²) in [7, 11) is 0. The normalized spacial score (nSPS) is 33.3. The average molecular weight is 198 g/mol. The fourth-order valence-corrected chi connectivity index (χ4v) is 2.23. The van der Waals surface area contributed by atoms with E-state index in [1.807, 2.05) is 4.90 Å². The Bertz CT molecular complexity index is 267. The lowest BCUT2D eigenvalue weighted by Crippen LogP contribution is -2.59. The smallest absolute Gasteiger partial charge is 0.307 e. The van der Waals surface area contributed by atoms with E-state index in [-0.39, 0.29) is 17.9 Å². The second-order valence-corrected chi connectivity index (χ2v) is 3.91. The number of carboxylic acids is 1. The molecule has 5 heteroatoms. The van der Waals surface area contributed by atoms with Crippen molar-refractivity contribution in [1.29, 1.82) is 0 Å². The van der Waals surface area contributed by atoms with E-state index in [1.54, 1.807) is 0 Å². The second kappa shape index (κ2) is 3.57. The molecule has 5 nitrogen and oxygen atoms in total. The van der Waals surface area contributed by atoms with Crippen LogP contribution in [0.3, 0.4) is 0 Å². The standard InChI is InChI=1S/C9H14N2O3/c12-8-7-2-1-6(9(13)14)5-11(7)4-3-10-8/h6-7H,1-5H2,(H,10,12)(H,13,14)/t6-,7-/m1/s1. The molecule has 2 fully saturated rings. The van der Waals surface area contributed by atoms with Crippen LogP contribution in [0.15, 0.2) is 0 Å². The summed E-state index contributed by atoms with van der Waals surface area (Å²) in [6, 6.07) is -0.0839. The monoisotopic (exact) mass is 198 g/mol. The Balaban J connectivity index is 2.03. The molecule has 2 saturated heterocycles. The summed E-state index contributed by atoms with van der Waals surface area (Å²) in [5, 5.41) is 11.7. The molecule has 1 amide bonds. The zero-order valence-electron chi connectivity index (χ0n) is 7.90. The predicted molar refractivity (Wildman–Crippen MR) is 48.7 cm³/mol. The highest BCUT2D eigenvalue weighted by Crippen LogP contribution is 2.23. The lowest BCUT2D eigenvalue weighted by atomic mass is 9.91. The number of aliphatic carboxylic acids is 1. The topological polar surface area (TPSA) is 69.6 Å². The number of nitrogens with zero attached hydrogens (tertiary/aromatic N) is 1. The SMILES string of the molecule is O=C(O)[C@@H]1CC[C@@H]2C(=O)NCCN2C1. The number of carbonyl (C=O) groups excluding carboxylic acids is 1. The van der Waals surface area contributed by atoms with Crippen LogP contribution in [0, 0.1) is 5.92 Å². The molecule has 0 unspecified atom stereocenters. The van der Waals surface area contributed by atoms with Crippen LogP contribution >= 0.6 is 0 Å². The Labute approximate surface area is 82.1 Å². The van der Waals surface area contributed by atoms with Crippen LogP contribution in [-0.2, 0) is 9.59 Å². The van der Waals surface area contributed by atoms with Gasteiger partial charge in [-0.15, -0.1) is 0 Å². The molecule has 2 rings (SSSR count). The highest BCUT2D eigenvalue weighted by Gasteiger charge is 2.37. The number of piperidine rings is 1. The van der Waals surface area contributed by atoms with Crippen LogP contribution in [-0.4, -0.2) is 47.6 Å². The van der Waals surface area contributed by atoms with Crippen molar-refractivity contribution >= 4 is 11.9 Å². The Morgan fingerprint density at radius 1 is 1.50 bits per heavy atom. The quantitative estimate of drug-likeness (QED) is 0.583. The number of rotatable bonds is 1. The van der Waals surface area contributed by atoms with Crippen LogP contribution in [0.5, 0.6) is 0 Å². The average Bonchev–Trinajstić information content (AvgIpc) is 2.17. The van der Waals surface area contributed by atoms with E-state index in [4.69, 9.17) is 5.11 Å². The van der Waals surface area contributed by atoms with E-state index >= 15 is 0 Å². The van der Waals surface area contributed by atoms with Gasteiger partial charge in [-0.05, 0) is 12.8 Å². The van der Waals surface area contributed by atoms with Crippen molar-refractivity contribution in [3.8, 4) is 0 Å². The van der Waals surface area contributed by atoms with Gasteiger partial charge in [0.15, 0.2) is 0 Å². The lowest BCUT2D eigenvalue weighted by molar-refractivity contribution is -0.147. The number of carbonyl (C=O) groups is 2. The van der Waals surface area contributed by atoms with Crippen molar-refractivity contribution in [1.82, 2.24) is 10.2 Å². The molecule has 2 N–H and O–H groups in total. The minimum atomic E-state index is -0.741. The summed E-state index contributed by atoms with van der Waals surface area (Å²) in [6.45, 7) is 1.94. The van der Waals surface area contributed by atoms with Crippen molar-refractivity contribution < 1.29 is 14.7 Å². The third kappa shape index (κ3) is 1.59. The van der Waals surface area contributed by atoms with E-state index in [1.165, 1.54) is 0 Å². The first kappa shape index (κ1) is 9.45. The highest BCUT2D eigenvalue weighted by atomic mass is 16.4. The summed E-state index contributed by atoms with van der Waals surface area (Å²) in [4.78, 5) is 24.2. The van der Waals surface area contributed by atoms with Crippen LogP contribution in [0.2, 0.25) is 0 Å². The molecule has 0 aromatic heterocycles. The number of amides is 1. The molecule has 14 heavy (non-hydrogen) atoms. The van der Waals surface area contributed by atoms with Crippen molar-refractivity contribution in [3.05, 3.63) is 0 Å². The maximum absolute atomic E-state index is 11.4. The molecule has 0 aliphatic carbocycles. The maximum Gasteiger partial charge on any atom is 0.307 e. The number of hydrogen-bond donors (Lipinski definition) is 2. The van der Waals surface area contributed by atoms with Crippen molar-refractivity contribution in [2.45, 2.75) is 18.9 Å². The van der Waals surface area contributed by atoms with Gasteiger partial charge in [-0.1, -0.05) is 0 Å². The molecule has 78 valence electrons. The predicted octanol–water partition coefficient (Wildman–Crippen LogP) is -0.719. The number of piperazine rings is 1. The minimum Gasteiger partial charge on any atom is -0.481 e. The number of fused-ring (bicyclic) bond motifs is 1. The van der Waals surface area contributed by atoms with Gasteiger partial charge in [-0.3, -0.25) is 14.5 Å². The summed E-state index contributed by atoms with van der Waals surface area (Å²) in [6.07, 6.45) is 1.28. The van der Waals surface area contributed by atoms with Gasteiger partial charge in [0.2, 0.25) is 5.91 Å². The van der Waals surface area contributed by atoms with Gasteiger partial charge in [0, 0.05) is 19.6 Å². The zero-order valence-corrected chi connectivity index (χ0v) is 7.90. The maximum atomic E-state index is 11.4. The Kier molecular flexibility index (Phi) is 2.41. The zero-order chi connectivity index (χ0) is 10.1. The van der Waals surface area contributed by atoms with Gasteiger partial charge >= 0.3 is 5.97 Å². The third-order valence-corrected chi connectivity index (χ3v) is 3.03. The van der Waals surface area contributed by atoms with E-state index in [9.17, 15) is 9.59 Å². The first-order valence-electron chi connectivity index (χ1n) is 4.93. The van der Waals surface area contributed by atoms with Gasteiger partial charge in [-0.2, -0.15) is 0 Å². The molecule has 0 spiro atoms. The van der Waals surface area contributed by atoms with Gasteiger partial charge in [-0.25, -0.2) is 0 Å². The molecule has 2 heterocycles. The largest absolute Gasteiger partial charge is 0.481 e. The van der Waals surface area contributed by atoms with Gasteiger partial charge in [0.1, 0.15) is 0 Å². The van der Waals surface area contributed by atoms with Crippen LogP contribution in [0.4, 0.5) is 0 Å². The first-order chi connectivity index (χ1) is 6.68. The fraction of sp³-hybridized carbons (Fsp3) is 0.778. The molecule has 2 aliphatic heterocycles. The van der Waals surface area contributed by atoms with E-state index in [0.717, 1.165) is 6.54 Å². The van der Waals surface area contributed by atoms with Gasteiger partial charge in [0.25, 0.3) is 0 Å². The van der Waals surface area contributed by atoms with Crippen LogP contribution in [0.1, 0.15) is 12.8 Å². The fourth-order valence-electron chi connectivity index (χ4n) is 2.23. The number of hydrogen-bond acceptors (Lipinski definition) is 3. The second-order valence-electron chi connectivity index (χ2n) is 3.91. The molecule has 0 aromatic carbocycles. The van der Waals surface area contributed by atoms with E-state index in [2.05, 4.69) is 5.32 Å². The summed E-state index contributed by atoms with van der Waals surface area (Å²) >= 11 is 0. The van der Waals surface area contributed by atoms with Crippen molar-refractivity contribution in [3.63, 3.8) is 0 Å². The van der Waals surface area contributed by atoms with Crippen LogP contribution in [0.25, 0.3) is 0 Å². The molecular weight excluding hydrogens is 184 g/mol. The molecular formula is C9H14N2O3. The minimum absolute atomic E-state index is 0.0556. The number of carboxylic acid groups (broad SMARTS) is 1. The Hall–Kier alpha value is -1.10. The number of nitrogens with one attached hydrogen (secondary N) is 1.